The number of nitrogens with zero attached hydrogens (tertiary/aromatic N) is 4. The summed E-state index contributed by atoms with van der Waals surface area (Å²) in [6.07, 6.45) is 0. The Morgan fingerprint density at radius 2 is 1.16 bits per heavy atom. The number of carbonyl (C=O) groups excluding carboxylic acids is 4. The summed E-state index contributed by atoms with van der Waals surface area (Å²) >= 11 is 16.9. The molecule has 18 heteroatoms. The average molecular weight is 704 g/mol. The second-order valence-electron chi connectivity index (χ2n) is 10.5. The molecule has 2 atom stereocenters. The number of esters is 4. The van der Waals surface area contributed by atoms with Gasteiger partial charge in [-0.15, -0.1) is 12.4 Å². The van der Waals surface area contributed by atoms with Gasteiger partial charge in [-0.05, 0) is 78.6 Å². The van der Waals surface area contributed by atoms with Crippen LogP contribution in [0.5, 0.6) is 0 Å². The Labute approximate surface area is 277 Å². The summed E-state index contributed by atoms with van der Waals surface area (Å²) in [6, 6.07) is 1.53. The summed E-state index contributed by atoms with van der Waals surface area (Å²) in [5.41, 5.74) is 3.89. The highest BCUT2D eigenvalue weighted by atomic mass is 35.5. The number of hydrogen-bond donors (Lipinski definition) is 2. The highest BCUT2D eigenvalue weighted by Crippen LogP contribution is 2.17. The van der Waals surface area contributed by atoms with E-state index in [0.29, 0.717) is 0 Å². The van der Waals surface area contributed by atoms with Crippen molar-refractivity contribution in [3.8, 4) is 0 Å². The number of hydrogen-bond acceptors (Lipinski definition) is 14. The van der Waals surface area contributed by atoms with E-state index in [1.807, 2.05) is 0 Å². The van der Waals surface area contributed by atoms with Crippen molar-refractivity contribution in [2.45, 2.75) is 78.7 Å². The molecule has 2 heterocycles. The van der Waals surface area contributed by atoms with Crippen molar-refractivity contribution in [2.24, 2.45) is 5.73 Å². The van der Waals surface area contributed by atoms with Gasteiger partial charge in [0.2, 0.25) is 10.6 Å². The fraction of sp³-hybridized carbons (Fsp3) is 0.538. The van der Waals surface area contributed by atoms with E-state index >= 15 is 0 Å². The van der Waals surface area contributed by atoms with E-state index < -0.39 is 41.2 Å². The molecular formula is C26H38Cl4N6O8. The fourth-order valence-electron chi connectivity index (χ4n) is 2.39. The molecule has 1 unspecified atom stereocenters. The molecular weight excluding hydrogens is 666 g/mol. The van der Waals surface area contributed by atoms with Gasteiger partial charge in [0.15, 0.2) is 11.4 Å². The molecule has 0 radical (unpaired) electrons. The molecule has 0 saturated heterocycles. The maximum Gasteiger partial charge on any atom is 0.357 e. The van der Waals surface area contributed by atoms with Crippen LogP contribution in [0.1, 0.15) is 76.4 Å². The maximum atomic E-state index is 12.0. The summed E-state index contributed by atoms with van der Waals surface area (Å²) in [7, 11) is 2.59. The number of nitrogens with one attached hydrogen (secondary N) is 1. The Morgan fingerprint density at radius 1 is 0.750 bits per heavy atom. The summed E-state index contributed by atoms with van der Waals surface area (Å²) in [5, 5.41) is 2.67. The van der Waals surface area contributed by atoms with Crippen LogP contribution in [0, 0.1) is 0 Å². The number of rotatable bonds is 6. The van der Waals surface area contributed by atoms with E-state index in [4.69, 9.17) is 50.0 Å². The van der Waals surface area contributed by atoms with Gasteiger partial charge < -0.3 is 30.0 Å². The topological polar surface area (TPSA) is 195 Å². The SMILES string of the molecule is CC(C)(C)OC(=O)c1cc(Cl)nc(Cl)n1.COC(=O)C(C)N.COC(=O)[C@H](C)Nc1cc(C(=O)OC(C)(C)C)nc(Cl)n1.Cl. The molecule has 2 aromatic heterocycles. The van der Waals surface area contributed by atoms with E-state index in [1.165, 1.54) is 26.4 Å². The van der Waals surface area contributed by atoms with Crippen molar-refractivity contribution in [1.82, 2.24) is 19.9 Å². The van der Waals surface area contributed by atoms with Crippen molar-refractivity contribution >= 4 is 76.9 Å². The van der Waals surface area contributed by atoms with Crippen molar-refractivity contribution in [2.75, 3.05) is 19.5 Å². The highest BCUT2D eigenvalue weighted by molar-refractivity contribution is 6.32. The van der Waals surface area contributed by atoms with Gasteiger partial charge in [0.05, 0.1) is 14.2 Å². The van der Waals surface area contributed by atoms with E-state index in [9.17, 15) is 19.2 Å². The van der Waals surface area contributed by atoms with Gasteiger partial charge in [-0.2, -0.15) is 0 Å². The monoisotopic (exact) mass is 702 g/mol. The van der Waals surface area contributed by atoms with Gasteiger partial charge in [0.25, 0.3) is 0 Å². The first-order chi connectivity index (χ1) is 19.6. The van der Waals surface area contributed by atoms with Crippen LogP contribution in [0.25, 0.3) is 0 Å². The van der Waals surface area contributed by atoms with Gasteiger partial charge >= 0.3 is 23.9 Å². The standard InChI is InChI=1S/C13H18ClN3O4.C9H10Cl2N2O2.C4H9NO2.ClH/c1-7(10(18)20-5)15-9-6-8(16-12(14)17-9)11(19)21-13(2,3)4;1-9(2,3)15-7(14)5-4-6(10)13-8(11)12-5;1-3(5)4(6)7-2;/h6-7H,1-5H3,(H,15,16,17);4H,1-3H3;3H,5H2,1-2H3;1H/t7-;;;/m0.../s1. The number of nitrogens with two attached hydrogens (primary N) is 1. The van der Waals surface area contributed by atoms with Crippen LogP contribution in [-0.2, 0) is 28.5 Å². The minimum atomic E-state index is -0.651. The Hall–Kier alpha value is -3.04. The molecule has 0 fully saturated rings. The minimum absolute atomic E-state index is 0. The molecule has 0 bridgehead atoms. The van der Waals surface area contributed by atoms with Gasteiger partial charge in [-0.3, -0.25) is 4.79 Å². The van der Waals surface area contributed by atoms with Crippen LogP contribution in [0.3, 0.4) is 0 Å². The van der Waals surface area contributed by atoms with E-state index in [0.717, 1.165) is 0 Å². The predicted molar refractivity (Wildman–Crippen MR) is 167 cm³/mol. The lowest BCUT2D eigenvalue weighted by atomic mass is 10.2. The lowest BCUT2D eigenvalue weighted by Gasteiger charge is -2.19. The van der Waals surface area contributed by atoms with Crippen molar-refractivity contribution in [1.29, 1.82) is 0 Å². The molecule has 2 aromatic rings. The first kappa shape index (κ1) is 43.1. The molecule has 0 aliphatic carbocycles. The molecule has 3 N–H and O–H groups in total. The molecule has 0 amide bonds. The normalized spacial score (nSPS) is 11.9. The van der Waals surface area contributed by atoms with Crippen LogP contribution >= 0.6 is 47.2 Å². The molecule has 248 valence electrons. The number of methoxy groups -OCH3 is 2. The number of carbonyl (C=O) groups is 4. The fourth-order valence-corrected chi connectivity index (χ4v) is 2.99. The van der Waals surface area contributed by atoms with Crippen molar-refractivity contribution < 1.29 is 38.1 Å². The molecule has 14 nitrogen and oxygen atoms in total. The molecule has 0 saturated carbocycles. The second-order valence-corrected chi connectivity index (χ2v) is 11.5. The van der Waals surface area contributed by atoms with E-state index in [2.05, 4.69) is 34.7 Å². The molecule has 0 aliphatic rings. The number of halogens is 4. The molecule has 0 spiro atoms. The second kappa shape index (κ2) is 19.4. The smallest absolute Gasteiger partial charge is 0.357 e. The third kappa shape index (κ3) is 18.6. The molecule has 2 rings (SSSR count). The lowest BCUT2D eigenvalue weighted by Crippen LogP contribution is -2.28. The molecule has 44 heavy (non-hydrogen) atoms. The summed E-state index contributed by atoms with van der Waals surface area (Å²) in [6.45, 7) is 13.7. The third-order valence-electron chi connectivity index (χ3n) is 4.07. The quantitative estimate of drug-likeness (QED) is 0.181. The van der Waals surface area contributed by atoms with Crippen molar-refractivity contribution in [3.05, 3.63) is 39.2 Å². The van der Waals surface area contributed by atoms with Gasteiger partial charge in [-0.25, -0.2) is 34.3 Å². The Bertz CT molecular complexity index is 1250. The van der Waals surface area contributed by atoms with Crippen molar-refractivity contribution in [3.63, 3.8) is 0 Å². The average Bonchev–Trinajstić information content (AvgIpc) is 2.85. The Balaban J connectivity index is 0. The van der Waals surface area contributed by atoms with Crippen LogP contribution in [0.15, 0.2) is 12.1 Å². The summed E-state index contributed by atoms with van der Waals surface area (Å²) in [5.74, 6) is -1.81. The van der Waals surface area contributed by atoms with Gasteiger partial charge in [0.1, 0.15) is 34.3 Å². The maximum absolute atomic E-state index is 12.0. The lowest BCUT2D eigenvalue weighted by molar-refractivity contribution is -0.142. The van der Waals surface area contributed by atoms with Crippen LogP contribution in [0.2, 0.25) is 15.7 Å². The Morgan fingerprint density at radius 3 is 1.50 bits per heavy atom. The highest BCUT2D eigenvalue weighted by Gasteiger charge is 2.22. The Kier molecular flexibility index (Phi) is 19.0. The minimum Gasteiger partial charge on any atom is -0.468 e. The van der Waals surface area contributed by atoms with E-state index in [-0.39, 0.29) is 51.3 Å². The first-order valence-electron chi connectivity index (χ1n) is 12.5. The zero-order valence-electron chi connectivity index (χ0n) is 26.0. The summed E-state index contributed by atoms with van der Waals surface area (Å²) in [4.78, 5) is 60.1. The summed E-state index contributed by atoms with van der Waals surface area (Å²) < 4.78 is 19.1. The van der Waals surface area contributed by atoms with E-state index in [1.54, 1.807) is 55.4 Å². The predicted octanol–water partition coefficient (Wildman–Crippen LogP) is 4.73. The number of anilines is 1. The molecule has 0 aromatic carbocycles. The zero-order chi connectivity index (χ0) is 33.7. The van der Waals surface area contributed by atoms with Gasteiger partial charge in [-0.1, -0.05) is 11.6 Å². The van der Waals surface area contributed by atoms with Crippen LogP contribution < -0.4 is 11.1 Å². The van der Waals surface area contributed by atoms with Gasteiger partial charge in [0, 0.05) is 12.1 Å². The van der Waals surface area contributed by atoms with Crippen LogP contribution in [0.4, 0.5) is 5.82 Å². The first-order valence-corrected chi connectivity index (χ1v) is 13.6. The zero-order valence-corrected chi connectivity index (χ0v) is 29.1. The number of aromatic nitrogens is 4. The largest absolute Gasteiger partial charge is 0.468 e. The number of ether oxygens (including phenoxy) is 4. The molecule has 0 aliphatic heterocycles. The third-order valence-corrected chi connectivity index (χ3v) is 4.61. The van der Waals surface area contributed by atoms with Crippen LogP contribution in [-0.4, -0.2) is 81.3 Å².